The first-order valence-corrected chi connectivity index (χ1v) is 4.46. The molecule has 0 aliphatic heterocycles. The standard InChI is InChI=1S/C2H3O5PS/c3-8(4)1-2-9(5,6)7/h1-2H,(H,5,6,7). The van der Waals surface area contributed by atoms with Crippen molar-refractivity contribution in [1.82, 2.24) is 0 Å². The third kappa shape index (κ3) is 7.71. The van der Waals surface area contributed by atoms with E-state index in [1.165, 1.54) is 0 Å². The molecule has 1 N–H and O–H groups in total. The molecule has 0 aromatic heterocycles. The van der Waals surface area contributed by atoms with Crippen LogP contribution in [0.25, 0.3) is 0 Å². The Hall–Kier alpha value is -0.290. The van der Waals surface area contributed by atoms with Gasteiger partial charge in [-0.2, -0.15) is 8.42 Å². The maximum Gasteiger partial charge on any atom is 0.341 e. The second-order valence-electron chi connectivity index (χ2n) is 1.09. The molecule has 0 aromatic rings. The average molecular weight is 170 g/mol. The number of hydrogen-bond acceptors (Lipinski definition) is 4. The Morgan fingerprint density at radius 2 is 2.00 bits per heavy atom. The van der Waals surface area contributed by atoms with E-state index in [1.807, 2.05) is 0 Å². The zero-order valence-corrected chi connectivity index (χ0v) is 5.80. The molecule has 1 atom stereocenters. The van der Waals surface area contributed by atoms with Crippen LogP contribution in [-0.2, 0) is 14.7 Å². The van der Waals surface area contributed by atoms with Crippen molar-refractivity contribution in [2.75, 3.05) is 0 Å². The summed E-state index contributed by atoms with van der Waals surface area (Å²) in [6.45, 7) is 0. The fraction of sp³-hybridized carbons (Fsp3) is 0. The normalized spacial score (nSPS) is 14.2. The van der Waals surface area contributed by atoms with Gasteiger partial charge >= 0.3 is 8.03 Å². The first kappa shape index (κ1) is 8.71. The van der Waals surface area contributed by atoms with Gasteiger partial charge in [0.1, 0.15) is 5.41 Å². The monoisotopic (exact) mass is 170 g/mol. The Bertz CT molecular complexity index is 225. The van der Waals surface area contributed by atoms with Crippen LogP contribution in [0, 0.1) is 0 Å². The van der Waals surface area contributed by atoms with Crippen LogP contribution >= 0.6 is 8.03 Å². The minimum absolute atomic E-state index is 0.193. The predicted octanol–water partition coefficient (Wildman–Crippen LogP) is -0.552. The highest BCUT2D eigenvalue weighted by Gasteiger charge is 1.98. The lowest BCUT2D eigenvalue weighted by Gasteiger charge is -1.77. The van der Waals surface area contributed by atoms with Gasteiger partial charge in [0.15, 0.2) is 5.82 Å². The molecule has 0 aromatic carbocycles. The SMILES string of the molecule is O=[P+]([O-])C=CS(=O)(=O)O. The zero-order chi connectivity index (χ0) is 7.49. The van der Waals surface area contributed by atoms with E-state index >= 15 is 0 Å². The summed E-state index contributed by atoms with van der Waals surface area (Å²) >= 11 is 0. The summed E-state index contributed by atoms with van der Waals surface area (Å²) in [5.74, 6) is 0.366. The van der Waals surface area contributed by atoms with Crippen LogP contribution in [0.3, 0.4) is 0 Å². The van der Waals surface area contributed by atoms with E-state index in [0.29, 0.717) is 5.82 Å². The van der Waals surface area contributed by atoms with Crippen LogP contribution < -0.4 is 4.89 Å². The summed E-state index contributed by atoms with van der Waals surface area (Å²) in [6.07, 6.45) is 0. The highest BCUT2D eigenvalue weighted by Crippen LogP contribution is 2.08. The minimum Gasteiger partial charge on any atom is -0.591 e. The number of hydrogen-bond donors (Lipinski definition) is 1. The molecule has 0 saturated heterocycles. The molecule has 0 rings (SSSR count). The van der Waals surface area contributed by atoms with Gasteiger partial charge in [0, 0.05) is 0 Å². The Morgan fingerprint density at radius 3 is 2.11 bits per heavy atom. The summed E-state index contributed by atoms with van der Waals surface area (Å²) in [4.78, 5) is 9.62. The van der Waals surface area contributed by atoms with E-state index < -0.39 is 18.1 Å². The average Bonchev–Trinajstić information content (AvgIpc) is 1.59. The third-order valence-electron chi connectivity index (χ3n) is 0.355. The lowest BCUT2D eigenvalue weighted by atomic mass is 11.3. The van der Waals surface area contributed by atoms with Crippen molar-refractivity contribution in [3.63, 3.8) is 0 Å². The van der Waals surface area contributed by atoms with Gasteiger partial charge in [-0.3, -0.25) is 4.55 Å². The summed E-state index contributed by atoms with van der Waals surface area (Å²) in [7, 11) is -7.17. The molecular formula is C2H3O5PS. The Kier molecular flexibility index (Phi) is 2.93. The van der Waals surface area contributed by atoms with Crippen LogP contribution in [0.15, 0.2) is 11.2 Å². The van der Waals surface area contributed by atoms with Gasteiger partial charge in [0.2, 0.25) is 0 Å². The third-order valence-corrected chi connectivity index (χ3v) is 1.43. The van der Waals surface area contributed by atoms with Crippen LogP contribution in [0.1, 0.15) is 0 Å². The van der Waals surface area contributed by atoms with E-state index in [0.717, 1.165) is 0 Å². The first-order valence-electron chi connectivity index (χ1n) is 1.71. The summed E-state index contributed by atoms with van der Waals surface area (Å²) in [6, 6.07) is 0. The van der Waals surface area contributed by atoms with Crippen LogP contribution in [0.5, 0.6) is 0 Å². The molecule has 0 amide bonds. The Morgan fingerprint density at radius 1 is 1.56 bits per heavy atom. The van der Waals surface area contributed by atoms with Crippen molar-refractivity contribution in [2.24, 2.45) is 0 Å². The quantitative estimate of drug-likeness (QED) is 0.443. The maximum absolute atomic E-state index is 9.74. The van der Waals surface area contributed by atoms with Crippen molar-refractivity contribution in [2.45, 2.75) is 0 Å². The summed E-state index contributed by atoms with van der Waals surface area (Å²) < 4.78 is 37.0. The van der Waals surface area contributed by atoms with E-state index in [9.17, 15) is 17.9 Å². The second-order valence-corrected chi connectivity index (χ2v) is 3.26. The smallest absolute Gasteiger partial charge is 0.341 e. The lowest BCUT2D eigenvalue weighted by Crippen LogP contribution is -1.89. The van der Waals surface area contributed by atoms with Crippen LogP contribution in [0.4, 0.5) is 0 Å². The summed E-state index contributed by atoms with van der Waals surface area (Å²) in [5, 5.41) is 0.193. The Balaban J connectivity index is 4.21. The van der Waals surface area contributed by atoms with Crippen LogP contribution in [0.2, 0.25) is 0 Å². The van der Waals surface area contributed by atoms with E-state index in [-0.39, 0.29) is 5.41 Å². The van der Waals surface area contributed by atoms with Gasteiger partial charge in [0.05, 0.1) is 0 Å². The minimum atomic E-state index is -4.28. The molecule has 0 spiro atoms. The van der Waals surface area contributed by atoms with E-state index in [4.69, 9.17) is 4.55 Å². The highest BCUT2D eigenvalue weighted by atomic mass is 32.2. The fourth-order valence-electron chi connectivity index (χ4n) is 0.127. The molecule has 5 nitrogen and oxygen atoms in total. The molecule has 0 heterocycles. The van der Waals surface area contributed by atoms with Gasteiger partial charge in [-0.15, -0.1) is 0 Å². The molecule has 0 aliphatic carbocycles. The largest absolute Gasteiger partial charge is 0.591 e. The molecule has 52 valence electrons. The van der Waals surface area contributed by atoms with E-state index in [1.54, 1.807) is 0 Å². The molecule has 0 bridgehead atoms. The van der Waals surface area contributed by atoms with Crippen molar-refractivity contribution >= 4 is 18.1 Å². The zero-order valence-electron chi connectivity index (χ0n) is 4.09. The topological polar surface area (TPSA) is 94.5 Å². The molecule has 0 radical (unpaired) electrons. The molecule has 9 heavy (non-hydrogen) atoms. The van der Waals surface area contributed by atoms with Gasteiger partial charge < -0.3 is 4.89 Å². The molecule has 0 fully saturated rings. The molecule has 7 heteroatoms. The number of rotatable bonds is 2. The van der Waals surface area contributed by atoms with Crippen molar-refractivity contribution in [3.05, 3.63) is 11.2 Å². The fourth-order valence-corrected chi connectivity index (χ4v) is 1.14. The molecule has 0 saturated carbocycles. The first-order chi connectivity index (χ1) is 3.92. The summed E-state index contributed by atoms with van der Waals surface area (Å²) in [5.41, 5.74) is 0. The molecule has 0 aliphatic rings. The predicted molar refractivity (Wildman–Crippen MR) is 28.3 cm³/mol. The van der Waals surface area contributed by atoms with Gasteiger partial charge in [-0.1, -0.05) is 4.57 Å². The van der Waals surface area contributed by atoms with E-state index in [2.05, 4.69) is 0 Å². The maximum atomic E-state index is 9.74. The van der Waals surface area contributed by atoms with Gasteiger partial charge in [0.25, 0.3) is 10.1 Å². The molecular weight excluding hydrogens is 167 g/mol. The Labute approximate surface area is 52.6 Å². The van der Waals surface area contributed by atoms with Gasteiger partial charge in [-0.25, -0.2) is 0 Å². The van der Waals surface area contributed by atoms with Gasteiger partial charge in [-0.05, 0) is 0 Å². The van der Waals surface area contributed by atoms with Crippen molar-refractivity contribution < 1.29 is 22.4 Å². The lowest BCUT2D eigenvalue weighted by molar-refractivity contribution is -0.161. The van der Waals surface area contributed by atoms with Crippen molar-refractivity contribution in [1.29, 1.82) is 0 Å². The highest BCUT2D eigenvalue weighted by molar-refractivity contribution is 7.89. The molecule has 1 unspecified atom stereocenters. The van der Waals surface area contributed by atoms with Crippen LogP contribution in [-0.4, -0.2) is 13.0 Å². The second kappa shape index (κ2) is 3.03. The van der Waals surface area contributed by atoms with Crippen molar-refractivity contribution in [3.8, 4) is 0 Å².